The van der Waals surface area contributed by atoms with E-state index in [4.69, 9.17) is 0 Å². The zero-order chi connectivity index (χ0) is 12.5. The Hall–Kier alpha value is -0.670. The SMILES string of the molecule is COc1c(C(F)F)cc(C(F)(F)F)nc1I. The van der Waals surface area contributed by atoms with E-state index in [1.807, 2.05) is 0 Å². The van der Waals surface area contributed by atoms with E-state index in [2.05, 4.69) is 9.72 Å². The van der Waals surface area contributed by atoms with Gasteiger partial charge in [0.1, 0.15) is 9.39 Å². The number of ether oxygens (including phenoxy) is 1. The molecule has 0 saturated carbocycles. The lowest BCUT2D eigenvalue weighted by atomic mass is 10.2. The topological polar surface area (TPSA) is 22.1 Å². The van der Waals surface area contributed by atoms with Gasteiger partial charge in [-0.3, -0.25) is 0 Å². The number of hydrogen-bond acceptors (Lipinski definition) is 2. The van der Waals surface area contributed by atoms with Crippen LogP contribution >= 0.6 is 22.6 Å². The third-order valence-electron chi connectivity index (χ3n) is 1.69. The van der Waals surface area contributed by atoms with Gasteiger partial charge >= 0.3 is 6.18 Å². The molecule has 0 atom stereocenters. The maximum absolute atomic E-state index is 12.5. The van der Waals surface area contributed by atoms with Crippen LogP contribution in [-0.2, 0) is 6.18 Å². The second-order valence-corrected chi connectivity index (χ2v) is 3.74. The minimum atomic E-state index is -4.75. The van der Waals surface area contributed by atoms with Crippen molar-refractivity contribution in [3.63, 3.8) is 0 Å². The Morgan fingerprint density at radius 1 is 1.38 bits per heavy atom. The van der Waals surface area contributed by atoms with Crippen LogP contribution < -0.4 is 4.74 Å². The molecule has 0 N–H and O–H groups in total. The zero-order valence-electron chi connectivity index (χ0n) is 7.78. The summed E-state index contributed by atoms with van der Waals surface area (Å²) in [5, 5.41) is 0. The molecule has 0 radical (unpaired) electrons. The van der Waals surface area contributed by atoms with E-state index in [0.717, 1.165) is 7.11 Å². The van der Waals surface area contributed by atoms with Gasteiger partial charge in [-0.05, 0) is 28.7 Å². The molecule has 0 aromatic carbocycles. The lowest BCUT2D eigenvalue weighted by molar-refractivity contribution is -0.141. The van der Waals surface area contributed by atoms with Crippen LogP contribution in [0.1, 0.15) is 17.7 Å². The fraction of sp³-hybridized carbons (Fsp3) is 0.375. The van der Waals surface area contributed by atoms with Crippen LogP contribution in [0.15, 0.2) is 6.07 Å². The molecule has 1 rings (SSSR count). The predicted octanol–water partition coefficient (Wildman–Crippen LogP) is 3.65. The van der Waals surface area contributed by atoms with Crippen molar-refractivity contribution in [3.05, 3.63) is 21.0 Å². The van der Waals surface area contributed by atoms with E-state index < -0.39 is 23.9 Å². The van der Waals surface area contributed by atoms with Crippen LogP contribution in [0.3, 0.4) is 0 Å². The summed E-state index contributed by atoms with van der Waals surface area (Å²) >= 11 is 1.42. The first-order valence-corrected chi connectivity index (χ1v) is 4.95. The number of pyridine rings is 1. The first kappa shape index (κ1) is 13.4. The number of alkyl halides is 5. The standard InChI is InChI=1S/C8H5F5INO/c1-16-5-3(6(9)10)2-4(8(11,12)13)15-7(5)14/h2,6H,1H3. The van der Waals surface area contributed by atoms with E-state index in [9.17, 15) is 22.0 Å². The summed E-state index contributed by atoms with van der Waals surface area (Å²) in [6.45, 7) is 0. The summed E-state index contributed by atoms with van der Waals surface area (Å²) in [4.78, 5) is 3.16. The Morgan fingerprint density at radius 3 is 2.31 bits per heavy atom. The highest BCUT2D eigenvalue weighted by Gasteiger charge is 2.35. The number of nitrogens with zero attached hydrogens (tertiary/aromatic N) is 1. The van der Waals surface area contributed by atoms with Crippen LogP contribution in [0.5, 0.6) is 5.75 Å². The van der Waals surface area contributed by atoms with Crippen LogP contribution in [-0.4, -0.2) is 12.1 Å². The molecule has 0 amide bonds. The predicted molar refractivity (Wildman–Crippen MR) is 53.5 cm³/mol. The first-order chi connectivity index (χ1) is 7.27. The number of halogens is 6. The largest absolute Gasteiger partial charge is 0.493 e. The van der Waals surface area contributed by atoms with Gasteiger partial charge in [0, 0.05) is 0 Å². The molecule has 0 aliphatic rings. The fourth-order valence-corrected chi connectivity index (χ4v) is 1.82. The van der Waals surface area contributed by atoms with Crippen molar-refractivity contribution in [1.82, 2.24) is 4.98 Å². The molecule has 16 heavy (non-hydrogen) atoms. The van der Waals surface area contributed by atoms with Crippen LogP contribution in [0, 0.1) is 3.70 Å². The highest BCUT2D eigenvalue weighted by molar-refractivity contribution is 14.1. The van der Waals surface area contributed by atoms with E-state index in [1.165, 1.54) is 22.6 Å². The van der Waals surface area contributed by atoms with Gasteiger partial charge in [0.15, 0.2) is 5.75 Å². The molecule has 2 nitrogen and oxygen atoms in total. The molecule has 0 aliphatic heterocycles. The third kappa shape index (κ3) is 2.71. The van der Waals surface area contributed by atoms with Gasteiger partial charge in [-0.15, -0.1) is 0 Å². The quantitative estimate of drug-likeness (QED) is 0.460. The van der Waals surface area contributed by atoms with Crippen molar-refractivity contribution in [2.45, 2.75) is 12.6 Å². The Kier molecular flexibility index (Phi) is 3.92. The summed E-state index contributed by atoms with van der Waals surface area (Å²) < 4.78 is 66.2. The van der Waals surface area contributed by atoms with Crippen molar-refractivity contribution in [2.24, 2.45) is 0 Å². The minimum Gasteiger partial charge on any atom is -0.493 e. The molecule has 0 saturated heterocycles. The molecule has 1 heterocycles. The summed E-state index contributed by atoms with van der Waals surface area (Å²) in [5.74, 6) is -0.330. The van der Waals surface area contributed by atoms with Crippen LogP contribution in [0.4, 0.5) is 22.0 Å². The lowest BCUT2D eigenvalue weighted by Crippen LogP contribution is -2.11. The Labute approximate surface area is 101 Å². The number of methoxy groups -OCH3 is 1. The van der Waals surface area contributed by atoms with E-state index in [-0.39, 0.29) is 9.45 Å². The van der Waals surface area contributed by atoms with Crippen molar-refractivity contribution >= 4 is 22.6 Å². The first-order valence-electron chi connectivity index (χ1n) is 3.87. The Morgan fingerprint density at radius 2 is 1.94 bits per heavy atom. The molecule has 0 aliphatic carbocycles. The van der Waals surface area contributed by atoms with Crippen molar-refractivity contribution < 1.29 is 26.7 Å². The summed E-state index contributed by atoms with van der Waals surface area (Å²) in [6, 6.07) is 0.297. The van der Waals surface area contributed by atoms with Gasteiger partial charge in [0.05, 0.1) is 12.7 Å². The molecule has 0 bridgehead atoms. The summed E-state index contributed by atoms with van der Waals surface area (Å²) in [7, 11) is 1.10. The molecule has 0 fully saturated rings. The van der Waals surface area contributed by atoms with E-state index in [0.29, 0.717) is 6.07 Å². The highest BCUT2D eigenvalue weighted by Crippen LogP contribution is 2.37. The Bertz CT molecular complexity index is 393. The second-order valence-electron chi connectivity index (χ2n) is 2.72. The molecule has 8 heteroatoms. The molecule has 1 aromatic heterocycles. The molecular formula is C8H5F5INO. The molecule has 90 valence electrons. The molecular weight excluding hydrogens is 348 g/mol. The minimum absolute atomic E-state index is 0.245. The van der Waals surface area contributed by atoms with Crippen LogP contribution in [0.25, 0.3) is 0 Å². The van der Waals surface area contributed by atoms with Gasteiger partial charge in [-0.25, -0.2) is 13.8 Å². The molecule has 0 spiro atoms. The maximum atomic E-state index is 12.5. The van der Waals surface area contributed by atoms with Crippen molar-refractivity contribution in [3.8, 4) is 5.75 Å². The second kappa shape index (κ2) is 4.68. The number of aromatic nitrogens is 1. The van der Waals surface area contributed by atoms with Gasteiger partial charge in [-0.2, -0.15) is 13.2 Å². The van der Waals surface area contributed by atoms with Crippen LogP contribution in [0.2, 0.25) is 0 Å². The van der Waals surface area contributed by atoms with Gasteiger partial charge in [0.2, 0.25) is 0 Å². The third-order valence-corrected chi connectivity index (χ3v) is 2.42. The summed E-state index contributed by atoms with van der Waals surface area (Å²) in [6.07, 6.45) is -7.80. The maximum Gasteiger partial charge on any atom is 0.433 e. The average Bonchev–Trinajstić information content (AvgIpc) is 2.14. The molecule has 1 aromatic rings. The average molecular weight is 353 g/mol. The smallest absolute Gasteiger partial charge is 0.433 e. The van der Waals surface area contributed by atoms with Gasteiger partial charge < -0.3 is 4.74 Å². The lowest BCUT2D eigenvalue weighted by Gasteiger charge is -2.13. The Balaban J connectivity index is 3.40. The monoisotopic (exact) mass is 353 g/mol. The van der Waals surface area contributed by atoms with Gasteiger partial charge in [-0.1, -0.05) is 0 Å². The van der Waals surface area contributed by atoms with E-state index >= 15 is 0 Å². The van der Waals surface area contributed by atoms with Gasteiger partial charge in [0.25, 0.3) is 6.43 Å². The summed E-state index contributed by atoms with van der Waals surface area (Å²) in [5.41, 5.74) is -2.16. The number of hydrogen-bond donors (Lipinski definition) is 0. The zero-order valence-corrected chi connectivity index (χ0v) is 9.94. The van der Waals surface area contributed by atoms with Crippen molar-refractivity contribution in [1.29, 1.82) is 0 Å². The van der Waals surface area contributed by atoms with Crippen molar-refractivity contribution in [2.75, 3.05) is 7.11 Å². The fourth-order valence-electron chi connectivity index (χ4n) is 1.03. The van der Waals surface area contributed by atoms with E-state index in [1.54, 1.807) is 0 Å². The normalized spacial score (nSPS) is 12.0. The highest BCUT2D eigenvalue weighted by atomic mass is 127. The molecule has 0 unspecified atom stereocenters. The number of rotatable bonds is 2.